The molecule has 0 fully saturated rings. The summed E-state index contributed by atoms with van der Waals surface area (Å²) in [7, 11) is -4.58. The summed E-state index contributed by atoms with van der Waals surface area (Å²) in [6.07, 6.45) is 0. The predicted molar refractivity (Wildman–Crippen MR) is 46.4 cm³/mol. The van der Waals surface area contributed by atoms with Crippen molar-refractivity contribution in [3.8, 4) is 0 Å². The van der Waals surface area contributed by atoms with Gasteiger partial charge in [-0.2, -0.15) is 0 Å². The molecule has 0 aromatic heterocycles. The quantitative estimate of drug-likeness (QED) is 0.271. The smallest absolute Gasteiger partial charge is 0.731 e. The maximum atomic E-state index is 10.2. The Hall–Kier alpha value is -0.670. The van der Waals surface area contributed by atoms with E-state index in [0.29, 0.717) is 0 Å². The standard InChI is InChI=1S/C6H6N2O5S.Na/c9-8(10)6-3-1-5(2-4-6)7-14(11,12)13;/h1-4,7H,(H,11,12,13);/q;+1/p-1. The SMILES string of the molecule is O=[N+]([O-])c1ccc(NS(=O)(=O)[O-])cc1.[Na+]. The zero-order chi connectivity index (χ0) is 10.8. The Morgan fingerprint density at radius 3 is 2.00 bits per heavy atom. The summed E-state index contributed by atoms with van der Waals surface area (Å²) in [5.41, 5.74) is -0.190. The fourth-order valence-corrected chi connectivity index (χ4v) is 1.22. The molecule has 9 heteroatoms. The molecule has 0 atom stereocenters. The van der Waals surface area contributed by atoms with Crippen LogP contribution in [0.2, 0.25) is 0 Å². The molecule has 0 amide bonds. The average Bonchev–Trinajstić information content (AvgIpc) is 2.02. The van der Waals surface area contributed by atoms with Crippen molar-refractivity contribution in [3.05, 3.63) is 34.4 Å². The number of rotatable bonds is 3. The molecular weight excluding hydrogens is 235 g/mol. The molecule has 0 saturated carbocycles. The van der Waals surface area contributed by atoms with Crippen LogP contribution in [0.1, 0.15) is 0 Å². The molecule has 7 nitrogen and oxygen atoms in total. The number of non-ortho nitro benzene ring substituents is 1. The molecule has 0 aliphatic heterocycles. The third kappa shape index (κ3) is 5.09. The molecule has 1 aromatic rings. The van der Waals surface area contributed by atoms with Gasteiger partial charge in [0.25, 0.3) is 5.69 Å². The first-order valence-corrected chi connectivity index (χ1v) is 4.77. The molecule has 1 N–H and O–H groups in total. The van der Waals surface area contributed by atoms with Crippen molar-refractivity contribution in [3.63, 3.8) is 0 Å². The summed E-state index contributed by atoms with van der Waals surface area (Å²) in [4.78, 5) is 9.57. The fourth-order valence-electron chi connectivity index (χ4n) is 0.796. The topological polar surface area (TPSA) is 112 Å². The largest absolute Gasteiger partial charge is 1.00 e. The normalized spacial score (nSPS) is 10.2. The van der Waals surface area contributed by atoms with Crippen LogP contribution < -0.4 is 34.3 Å². The third-order valence-electron chi connectivity index (χ3n) is 1.32. The molecule has 0 aliphatic rings. The van der Waals surface area contributed by atoms with Gasteiger partial charge in [-0.25, -0.2) is 8.42 Å². The molecule has 0 unspecified atom stereocenters. The number of hydrogen-bond acceptors (Lipinski definition) is 5. The predicted octanol–water partition coefficient (Wildman–Crippen LogP) is -2.53. The Bertz CT molecular complexity index is 443. The van der Waals surface area contributed by atoms with E-state index in [1.54, 1.807) is 4.72 Å². The number of nitro benzene ring substituents is 1. The maximum absolute atomic E-state index is 10.2. The average molecular weight is 240 g/mol. The van der Waals surface area contributed by atoms with E-state index in [2.05, 4.69) is 0 Å². The van der Waals surface area contributed by atoms with Gasteiger partial charge < -0.3 is 4.55 Å². The van der Waals surface area contributed by atoms with Gasteiger partial charge in [0.2, 0.25) is 0 Å². The first kappa shape index (κ1) is 14.3. The number of nitrogens with one attached hydrogen (secondary N) is 1. The zero-order valence-electron chi connectivity index (χ0n) is 7.71. The Morgan fingerprint density at radius 1 is 1.20 bits per heavy atom. The van der Waals surface area contributed by atoms with E-state index in [4.69, 9.17) is 0 Å². The summed E-state index contributed by atoms with van der Waals surface area (Å²) in [5, 5.41) is 10.2. The summed E-state index contributed by atoms with van der Waals surface area (Å²) >= 11 is 0. The van der Waals surface area contributed by atoms with E-state index in [0.717, 1.165) is 24.3 Å². The second-order valence-corrected chi connectivity index (χ2v) is 3.47. The molecule has 0 radical (unpaired) electrons. The van der Waals surface area contributed by atoms with Gasteiger partial charge in [0, 0.05) is 17.8 Å². The van der Waals surface area contributed by atoms with E-state index in [1.807, 2.05) is 0 Å². The van der Waals surface area contributed by atoms with Crippen LogP contribution in [-0.4, -0.2) is 17.9 Å². The maximum Gasteiger partial charge on any atom is 1.00 e. The first-order valence-electron chi connectivity index (χ1n) is 3.36. The first-order chi connectivity index (χ1) is 6.38. The van der Waals surface area contributed by atoms with Crippen molar-refractivity contribution >= 4 is 21.7 Å². The van der Waals surface area contributed by atoms with Crippen molar-refractivity contribution in [1.82, 2.24) is 0 Å². The van der Waals surface area contributed by atoms with Gasteiger partial charge in [-0.3, -0.25) is 14.8 Å². The van der Waals surface area contributed by atoms with Gasteiger partial charge in [0.1, 0.15) is 0 Å². The van der Waals surface area contributed by atoms with Crippen LogP contribution >= 0.6 is 0 Å². The van der Waals surface area contributed by atoms with Crippen LogP contribution in [0.25, 0.3) is 0 Å². The van der Waals surface area contributed by atoms with Crippen LogP contribution in [0.3, 0.4) is 0 Å². The van der Waals surface area contributed by atoms with Gasteiger partial charge in [0.05, 0.1) is 4.92 Å². The molecule has 15 heavy (non-hydrogen) atoms. The molecule has 0 saturated heterocycles. The van der Waals surface area contributed by atoms with Crippen molar-refractivity contribution in [1.29, 1.82) is 0 Å². The second kappa shape index (κ2) is 5.42. The Kier molecular flexibility index (Phi) is 5.18. The molecular formula is C6H5N2NaO5S. The summed E-state index contributed by atoms with van der Waals surface area (Å²) in [6, 6.07) is 4.45. The summed E-state index contributed by atoms with van der Waals surface area (Å²) in [5.74, 6) is 0. The van der Waals surface area contributed by atoms with E-state index in [9.17, 15) is 23.1 Å². The van der Waals surface area contributed by atoms with Gasteiger partial charge in [-0.05, 0) is 12.1 Å². The van der Waals surface area contributed by atoms with Gasteiger partial charge in [-0.1, -0.05) is 0 Å². The number of benzene rings is 1. The van der Waals surface area contributed by atoms with E-state index < -0.39 is 15.2 Å². The Balaban J connectivity index is 0.00000196. The minimum Gasteiger partial charge on any atom is -0.731 e. The summed E-state index contributed by atoms with van der Waals surface area (Å²) < 4.78 is 32.3. The van der Waals surface area contributed by atoms with Crippen LogP contribution in [-0.2, 0) is 10.3 Å². The fraction of sp³-hybridized carbons (Fsp3) is 0. The van der Waals surface area contributed by atoms with Crippen molar-refractivity contribution in [2.45, 2.75) is 0 Å². The second-order valence-electron chi connectivity index (χ2n) is 2.36. The monoisotopic (exact) mass is 240 g/mol. The summed E-state index contributed by atoms with van der Waals surface area (Å²) in [6.45, 7) is 0. The number of nitrogens with zero attached hydrogens (tertiary/aromatic N) is 1. The number of hydrogen-bond donors (Lipinski definition) is 1. The van der Waals surface area contributed by atoms with Crippen LogP contribution in [0.5, 0.6) is 0 Å². The van der Waals surface area contributed by atoms with Crippen LogP contribution in [0.4, 0.5) is 11.4 Å². The molecule has 1 rings (SSSR count). The van der Waals surface area contributed by atoms with Crippen LogP contribution in [0.15, 0.2) is 24.3 Å². The van der Waals surface area contributed by atoms with E-state index in [-0.39, 0.29) is 40.9 Å². The van der Waals surface area contributed by atoms with Crippen molar-refractivity contribution < 1.29 is 47.5 Å². The number of anilines is 1. The van der Waals surface area contributed by atoms with E-state index >= 15 is 0 Å². The zero-order valence-corrected chi connectivity index (χ0v) is 10.5. The van der Waals surface area contributed by atoms with E-state index in [1.165, 1.54) is 0 Å². The molecule has 0 spiro atoms. The molecule has 0 bridgehead atoms. The molecule has 76 valence electrons. The molecule has 1 aromatic carbocycles. The molecule has 0 heterocycles. The Morgan fingerprint density at radius 2 is 1.67 bits per heavy atom. The van der Waals surface area contributed by atoms with Crippen LogP contribution in [0, 0.1) is 10.1 Å². The molecule has 0 aliphatic carbocycles. The minimum atomic E-state index is -4.58. The van der Waals surface area contributed by atoms with Gasteiger partial charge in [-0.15, -0.1) is 0 Å². The Labute approximate surface area is 108 Å². The van der Waals surface area contributed by atoms with Crippen molar-refractivity contribution in [2.24, 2.45) is 0 Å². The van der Waals surface area contributed by atoms with Gasteiger partial charge in [0.15, 0.2) is 10.3 Å². The third-order valence-corrected chi connectivity index (χ3v) is 1.81. The van der Waals surface area contributed by atoms with Gasteiger partial charge >= 0.3 is 29.6 Å². The number of nitro groups is 1. The van der Waals surface area contributed by atoms with Crippen molar-refractivity contribution in [2.75, 3.05) is 4.72 Å². The minimum absolute atomic E-state index is 0.